The van der Waals surface area contributed by atoms with Crippen LogP contribution in [0.3, 0.4) is 0 Å². The second kappa shape index (κ2) is 5.97. The molecule has 4 heteroatoms. The SMILES string of the molecule is COCCNCC1(c2cc(F)cc(F)c2)CC(C)C1. The van der Waals surface area contributed by atoms with Crippen LogP contribution in [0.2, 0.25) is 0 Å². The van der Waals surface area contributed by atoms with Crippen molar-refractivity contribution in [2.24, 2.45) is 5.92 Å². The average molecular weight is 269 g/mol. The normalized spacial score (nSPS) is 26.2. The van der Waals surface area contributed by atoms with Crippen molar-refractivity contribution in [3.05, 3.63) is 35.4 Å². The van der Waals surface area contributed by atoms with E-state index in [1.54, 1.807) is 7.11 Å². The molecule has 1 aliphatic rings. The van der Waals surface area contributed by atoms with Gasteiger partial charge in [-0.05, 0) is 36.5 Å². The minimum atomic E-state index is -0.495. The van der Waals surface area contributed by atoms with E-state index >= 15 is 0 Å². The highest BCUT2D eigenvalue weighted by Gasteiger charge is 2.43. The number of nitrogens with one attached hydrogen (secondary N) is 1. The molecule has 106 valence electrons. The van der Waals surface area contributed by atoms with Gasteiger partial charge in [0.1, 0.15) is 11.6 Å². The maximum Gasteiger partial charge on any atom is 0.126 e. The first-order valence-electron chi connectivity index (χ1n) is 6.72. The largest absolute Gasteiger partial charge is 0.383 e. The molecule has 1 aliphatic carbocycles. The van der Waals surface area contributed by atoms with E-state index in [9.17, 15) is 8.78 Å². The molecule has 0 heterocycles. The molecular formula is C15H21F2NO. The molecule has 2 nitrogen and oxygen atoms in total. The van der Waals surface area contributed by atoms with Crippen molar-refractivity contribution in [2.45, 2.75) is 25.2 Å². The molecule has 2 rings (SSSR count). The van der Waals surface area contributed by atoms with E-state index in [1.165, 1.54) is 12.1 Å². The molecule has 1 N–H and O–H groups in total. The fourth-order valence-electron chi connectivity index (χ4n) is 3.12. The monoisotopic (exact) mass is 269 g/mol. The van der Waals surface area contributed by atoms with Gasteiger partial charge in [-0.1, -0.05) is 6.92 Å². The lowest BCUT2D eigenvalue weighted by atomic mass is 9.59. The summed E-state index contributed by atoms with van der Waals surface area (Å²) in [5.74, 6) is -0.382. The minimum absolute atomic E-state index is 0.129. The summed E-state index contributed by atoms with van der Waals surface area (Å²) in [6.07, 6.45) is 1.94. The molecule has 1 aromatic carbocycles. The molecule has 0 spiro atoms. The van der Waals surface area contributed by atoms with Crippen LogP contribution in [-0.4, -0.2) is 26.8 Å². The van der Waals surface area contributed by atoms with Crippen LogP contribution in [-0.2, 0) is 10.2 Å². The van der Waals surface area contributed by atoms with Crippen LogP contribution in [0, 0.1) is 17.6 Å². The standard InChI is InChI=1S/C15H21F2NO/c1-11-8-15(9-11,10-18-3-4-19-2)12-5-13(16)7-14(17)6-12/h5-7,11,18H,3-4,8-10H2,1-2H3. The third kappa shape index (κ3) is 3.31. The van der Waals surface area contributed by atoms with Crippen molar-refractivity contribution in [2.75, 3.05) is 26.8 Å². The fraction of sp³-hybridized carbons (Fsp3) is 0.600. The predicted octanol–water partition coefficient (Wildman–Crippen LogP) is 2.87. The number of halogens is 2. The first-order chi connectivity index (χ1) is 9.05. The molecule has 0 aliphatic heterocycles. The lowest BCUT2D eigenvalue weighted by molar-refractivity contribution is 0.143. The Morgan fingerprint density at radius 3 is 2.42 bits per heavy atom. The van der Waals surface area contributed by atoms with Crippen molar-refractivity contribution in [1.82, 2.24) is 5.32 Å². The van der Waals surface area contributed by atoms with Gasteiger partial charge in [-0.3, -0.25) is 0 Å². The van der Waals surface area contributed by atoms with Crippen LogP contribution in [0.4, 0.5) is 8.78 Å². The smallest absolute Gasteiger partial charge is 0.126 e. The summed E-state index contributed by atoms with van der Waals surface area (Å²) in [4.78, 5) is 0. The second-order valence-corrected chi connectivity index (χ2v) is 5.62. The predicted molar refractivity (Wildman–Crippen MR) is 71.2 cm³/mol. The zero-order chi connectivity index (χ0) is 13.9. The van der Waals surface area contributed by atoms with Crippen molar-refractivity contribution in [3.63, 3.8) is 0 Å². The average Bonchev–Trinajstić information content (AvgIpc) is 2.30. The summed E-state index contributed by atoms with van der Waals surface area (Å²) in [5.41, 5.74) is 0.642. The molecule has 0 aromatic heterocycles. The fourth-order valence-corrected chi connectivity index (χ4v) is 3.12. The maximum atomic E-state index is 13.4. The van der Waals surface area contributed by atoms with E-state index in [-0.39, 0.29) is 5.41 Å². The number of methoxy groups -OCH3 is 1. The minimum Gasteiger partial charge on any atom is -0.383 e. The Morgan fingerprint density at radius 1 is 1.26 bits per heavy atom. The van der Waals surface area contributed by atoms with Crippen LogP contribution in [0.5, 0.6) is 0 Å². The molecule has 19 heavy (non-hydrogen) atoms. The first kappa shape index (κ1) is 14.4. The van der Waals surface area contributed by atoms with Gasteiger partial charge < -0.3 is 10.1 Å². The zero-order valence-corrected chi connectivity index (χ0v) is 11.5. The number of rotatable bonds is 6. The van der Waals surface area contributed by atoms with Crippen molar-refractivity contribution >= 4 is 0 Å². The molecule has 1 aromatic rings. The summed E-state index contributed by atoms with van der Waals surface area (Å²) in [7, 11) is 1.66. The number of benzene rings is 1. The number of hydrogen-bond donors (Lipinski definition) is 1. The molecular weight excluding hydrogens is 248 g/mol. The van der Waals surface area contributed by atoms with E-state index < -0.39 is 11.6 Å². The Labute approximate surface area is 113 Å². The number of ether oxygens (including phenoxy) is 1. The quantitative estimate of drug-likeness (QED) is 0.802. The summed E-state index contributed by atoms with van der Waals surface area (Å²) < 4.78 is 31.7. The van der Waals surface area contributed by atoms with Gasteiger partial charge in [0.25, 0.3) is 0 Å². The van der Waals surface area contributed by atoms with Gasteiger partial charge in [0.2, 0.25) is 0 Å². The van der Waals surface area contributed by atoms with Crippen LogP contribution < -0.4 is 5.32 Å². The van der Waals surface area contributed by atoms with E-state index in [2.05, 4.69) is 12.2 Å². The molecule has 0 atom stereocenters. The molecule has 1 saturated carbocycles. The van der Waals surface area contributed by atoms with Gasteiger partial charge in [-0.15, -0.1) is 0 Å². The third-order valence-corrected chi connectivity index (χ3v) is 3.90. The molecule has 0 amide bonds. The molecule has 0 bridgehead atoms. The third-order valence-electron chi connectivity index (χ3n) is 3.90. The van der Waals surface area contributed by atoms with E-state index in [0.29, 0.717) is 12.5 Å². The summed E-state index contributed by atoms with van der Waals surface area (Å²) in [6.45, 7) is 4.31. The van der Waals surface area contributed by atoms with Gasteiger partial charge in [-0.2, -0.15) is 0 Å². The summed E-state index contributed by atoms with van der Waals surface area (Å²) in [5, 5.41) is 3.32. The van der Waals surface area contributed by atoms with Gasteiger partial charge in [0.05, 0.1) is 6.61 Å². The summed E-state index contributed by atoms with van der Waals surface area (Å²) >= 11 is 0. The van der Waals surface area contributed by atoms with Gasteiger partial charge in [-0.25, -0.2) is 8.78 Å². The van der Waals surface area contributed by atoms with Crippen molar-refractivity contribution < 1.29 is 13.5 Å². The highest BCUT2D eigenvalue weighted by Crippen LogP contribution is 2.47. The Kier molecular flexibility index (Phi) is 4.53. The van der Waals surface area contributed by atoms with Gasteiger partial charge in [0.15, 0.2) is 0 Å². The van der Waals surface area contributed by atoms with Crippen molar-refractivity contribution in [1.29, 1.82) is 0 Å². The lowest BCUT2D eigenvalue weighted by Gasteiger charge is -2.47. The van der Waals surface area contributed by atoms with Crippen molar-refractivity contribution in [3.8, 4) is 0 Å². The highest BCUT2D eigenvalue weighted by molar-refractivity contribution is 5.30. The lowest BCUT2D eigenvalue weighted by Crippen LogP contribution is -2.48. The topological polar surface area (TPSA) is 21.3 Å². The Balaban J connectivity index is 2.10. The Morgan fingerprint density at radius 2 is 1.89 bits per heavy atom. The van der Waals surface area contributed by atoms with Crippen LogP contribution in [0.15, 0.2) is 18.2 Å². The van der Waals surface area contributed by atoms with Crippen LogP contribution in [0.25, 0.3) is 0 Å². The second-order valence-electron chi connectivity index (χ2n) is 5.62. The summed E-state index contributed by atoms with van der Waals surface area (Å²) in [6, 6.07) is 3.86. The molecule has 0 saturated heterocycles. The van der Waals surface area contributed by atoms with E-state index in [1.807, 2.05) is 0 Å². The molecule has 1 fully saturated rings. The van der Waals surface area contributed by atoms with E-state index in [0.717, 1.165) is 37.6 Å². The Hall–Kier alpha value is -1.00. The first-order valence-corrected chi connectivity index (χ1v) is 6.72. The Bertz CT molecular complexity index is 410. The zero-order valence-electron chi connectivity index (χ0n) is 11.5. The van der Waals surface area contributed by atoms with Gasteiger partial charge >= 0.3 is 0 Å². The van der Waals surface area contributed by atoms with Crippen LogP contribution >= 0.6 is 0 Å². The van der Waals surface area contributed by atoms with Gasteiger partial charge in [0, 0.05) is 31.7 Å². The van der Waals surface area contributed by atoms with E-state index in [4.69, 9.17) is 4.74 Å². The number of hydrogen-bond acceptors (Lipinski definition) is 2. The highest BCUT2D eigenvalue weighted by atomic mass is 19.1. The molecule has 0 unspecified atom stereocenters. The van der Waals surface area contributed by atoms with Crippen LogP contribution in [0.1, 0.15) is 25.3 Å². The maximum absolute atomic E-state index is 13.4. The molecule has 0 radical (unpaired) electrons.